The van der Waals surface area contributed by atoms with Gasteiger partial charge in [-0.3, -0.25) is 5.43 Å². The molecule has 1 N–H and O–H groups in total. The number of hydrogen-bond acceptors (Lipinski definition) is 2. The molecule has 0 radical (unpaired) electrons. The van der Waals surface area contributed by atoms with Crippen LogP contribution in [0.25, 0.3) is 0 Å². The number of hydrogen-bond donors (Lipinski definition) is 1. The molecule has 0 aromatic heterocycles. The van der Waals surface area contributed by atoms with Crippen molar-refractivity contribution in [2.75, 3.05) is 19.6 Å². The molecule has 1 saturated heterocycles. The monoisotopic (exact) mass is 86.1 g/mol. The van der Waals surface area contributed by atoms with E-state index in [1.807, 2.05) is 0 Å². The fourth-order valence-corrected chi connectivity index (χ4v) is 0.432. The lowest BCUT2D eigenvalue weighted by Gasteiger charge is -1.94. The minimum absolute atomic E-state index is 1.07. The molecule has 2 nitrogen and oxygen atoms in total. The molecule has 2 heteroatoms. The van der Waals surface area contributed by atoms with Crippen LogP contribution in [0.1, 0.15) is 6.92 Å². The van der Waals surface area contributed by atoms with Gasteiger partial charge in [0.15, 0.2) is 0 Å². The number of hydrazine groups is 1. The molecule has 0 unspecified atom stereocenters. The van der Waals surface area contributed by atoms with Crippen molar-refractivity contribution in [2.45, 2.75) is 6.92 Å². The Hall–Kier alpha value is -0.0800. The zero-order valence-corrected chi connectivity index (χ0v) is 4.07. The number of rotatable bonds is 2. The van der Waals surface area contributed by atoms with Crippen LogP contribution in [0, 0.1) is 0 Å². The third kappa shape index (κ3) is 0.954. The van der Waals surface area contributed by atoms with Gasteiger partial charge in [-0.1, -0.05) is 6.92 Å². The van der Waals surface area contributed by atoms with Crippen LogP contribution in [0.3, 0.4) is 0 Å². The van der Waals surface area contributed by atoms with Crippen molar-refractivity contribution in [3.8, 4) is 0 Å². The van der Waals surface area contributed by atoms with Crippen LogP contribution in [0.5, 0.6) is 0 Å². The highest BCUT2D eigenvalue weighted by molar-refractivity contribution is 4.65. The molecule has 0 bridgehead atoms. The lowest BCUT2D eigenvalue weighted by atomic mass is 10.8. The molecule has 1 rings (SSSR count). The maximum absolute atomic E-state index is 3.15. The maximum atomic E-state index is 3.15. The molecule has 1 fully saturated rings. The summed E-state index contributed by atoms with van der Waals surface area (Å²) in [5, 5.41) is 2.18. The summed E-state index contributed by atoms with van der Waals surface area (Å²) < 4.78 is 0. The molecule has 1 heterocycles. The van der Waals surface area contributed by atoms with Crippen LogP contribution < -0.4 is 5.43 Å². The summed E-state index contributed by atoms with van der Waals surface area (Å²) in [6.07, 6.45) is 0. The van der Waals surface area contributed by atoms with Gasteiger partial charge >= 0.3 is 0 Å². The van der Waals surface area contributed by atoms with E-state index >= 15 is 0 Å². The summed E-state index contributed by atoms with van der Waals surface area (Å²) >= 11 is 0. The molecule has 0 amide bonds. The van der Waals surface area contributed by atoms with Crippen LogP contribution in [0.4, 0.5) is 0 Å². The predicted octanol–water partition coefficient (Wildman–Crippen LogP) is -0.173. The summed E-state index contributed by atoms with van der Waals surface area (Å²) in [6, 6.07) is 0. The van der Waals surface area contributed by atoms with E-state index in [-0.39, 0.29) is 0 Å². The highest BCUT2D eigenvalue weighted by Gasteiger charge is 2.13. The Morgan fingerprint density at radius 3 is 2.50 bits per heavy atom. The first-order chi connectivity index (χ1) is 2.93. The molecule has 1 aliphatic rings. The van der Waals surface area contributed by atoms with Crippen molar-refractivity contribution in [1.29, 1.82) is 0 Å². The Labute approximate surface area is 38.1 Å². The smallest absolute Gasteiger partial charge is 0.0273 e. The van der Waals surface area contributed by atoms with Gasteiger partial charge < -0.3 is 0 Å². The zero-order valence-electron chi connectivity index (χ0n) is 4.07. The normalized spacial score (nSPS) is 21.5. The molecule has 1 aliphatic heterocycles. The molecule has 6 heavy (non-hydrogen) atoms. The Morgan fingerprint density at radius 2 is 2.33 bits per heavy atom. The van der Waals surface area contributed by atoms with Gasteiger partial charge in [-0.25, -0.2) is 5.01 Å². The van der Waals surface area contributed by atoms with E-state index in [2.05, 4.69) is 17.4 Å². The Kier molecular flexibility index (Phi) is 1.08. The summed E-state index contributed by atoms with van der Waals surface area (Å²) in [5.74, 6) is 0. The fraction of sp³-hybridized carbons (Fsp3) is 1.00. The van der Waals surface area contributed by atoms with E-state index in [4.69, 9.17) is 0 Å². The first kappa shape index (κ1) is 4.09. The van der Waals surface area contributed by atoms with E-state index < -0.39 is 0 Å². The Morgan fingerprint density at radius 1 is 1.67 bits per heavy atom. The second-order valence-corrected chi connectivity index (χ2v) is 1.50. The minimum atomic E-state index is 1.07. The lowest BCUT2D eigenvalue weighted by molar-refractivity contribution is 0.418. The van der Waals surface area contributed by atoms with Crippen molar-refractivity contribution >= 4 is 0 Å². The third-order valence-electron chi connectivity index (χ3n) is 0.829. The first-order valence-electron chi connectivity index (χ1n) is 2.42. The van der Waals surface area contributed by atoms with Gasteiger partial charge in [0, 0.05) is 19.6 Å². The minimum Gasteiger partial charge on any atom is -0.255 e. The maximum Gasteiger partial charge on any atom is 0.0273 e. The van der Waals surface area contributed by atoms with Crippen molar-refractivity contribution in [2.24, 2.45) is 0 Å². The largest absolute Gasteiger partial charge is 0.255 e. The standard InChI is InChI=1S/C4H10N2/c1-2-5-6-3-4-6/h5H,2-4H2,1H3. The van der Waals surface area contributed by atoms with Crippen molar-refractivity contribution < 1.29 is 0 Å². The molecule has 0 aromatic rings. The van der Waals surface area contributed by atoms with Crippen molar-refractivity contribution in [3.63, 3.8) is 0 Å². The second-order valence-electron chi connectivity index (χ2n) is 1.50. The highest BCUT2D eigenvalue weighted by Crippen LogP contribution is 1.94. The fourth-order valence-electron chi connectivity index (χ4n) is 0.432. The molecule has 0 atom stereocenters. The van der Waals surface area contributed by atoms with Gasteiger partial charge in [-0.15, -0.1) is 0 Å². The summed E-state index contributed by atoms with van der Waals surface area (Å²) in [5.41, 5.74) is 3.15. The van der Waals surface area contributed by atoms with Crippen LogP contribution in [0.2, 0.25) is 0 Å². The molecule has 0 spiro atoms. The van der Waals surface area contributed by atoms with Gasteiger partial charge in [0.05, 0.1) is 0 Å². The van der Waals surface area contributed by atoms with Crippen LogP contribution in [0.15, 0.2) is 0 Å². The van der Waals surface area contributed by atoms with Crippen LogP contribution in [-0.2, 0) is 0 Å². The number of nitrogens with zero attached hydrogens (tertiary/aromatic N) is 1. The van der Waals surface area contributed by atoms with Gasteiger partial charge in [-0.05, 0) is 0 Å². The van der Waals surface area contributed by atoms with E-state index in [9.17, 15) is 0 Å². The average molecular weight is 86.1 g/mol. The van der Waals surface area contributed by atoms with E-state index in [0.717, 1.165) is 6.54 Å². The topological polar surface area (TPSA) is 15.0 Å². The van der Waals surface area contributed by atoms with Gasteiger partial charge in [-0.2, -0.15) is 0 Å². The summed E-state index contributed by atoms with van der Waals surface area (Å²) in [6.45, 7) is 5.67. The molecular formula is C4H10N2. The summed E-state index contributed by atoms with van der Waals surface area (Å²) in [7, 11) is 0. The zero-order chi connectivity index (χ0) is 4.41. The van der Waals surface area contributed by atoms with Crippen LogP contribution in [-0.4, -0.2) is 24.6 Å². The van der Waals surface area contributed by atoms with Crippen molar-refractivity contribution in [1.82, 2.24) is 10.4 Å². The van der Waals surface area contributed by atoms with Gasteiger partial charge in [0.25, 0.3) is 0 Å². The van der Waals surface area contributed by atoms with E-state index in [0.29, 0.717) is 0 Å². The lowest BCUT2D eigenvalue weighted by Crippen LogP contribution is -2.19. The predicted molar refractivity (Wildman–Crippen MR) is 25.2 cm³/mol. The quantitative estimate of drug-likeness (QED) is 0.469. The Bertz CT molecular complexity index is 40.8. The summed E-state index contributed by atoms with van der Waals surface area (Å²) in [4.78, 5) is 0. The molecule has 0 aliphatic carbocycles. The van der Waals surface area contributed by atoms with Crippen molar-refractivity contribution in [3.05, 3.63) is 0 Å². The third-order valence-corrected chi connectivity index (χ3v) is 0.829. The van der Waals surface area contributed by atoms with E-state index in [1.54, 1.807) is 0 Å². The molecule has 0 saturated carbocycles. The van der Waals surface area contributed by atoms with Gasteiger partial charge in [0.2, 0.25) is 0 Å². The highest BCUT2D eigenvalue weighted by atomic mass is 15.6. The molecular weight excluding hydrogens is 76.1 g/mol. The molecule has 0 aromatic carbocycles. The first-order valence-corrected chi connectivity index (χ1v) is 2.42. The SMILES string of the molecule is CCNN1CC1. The molecule has 36 valence electrons. The average Bonchev–Trinajstić information content (AvgIpc) is 2.21. The number of nitrogens with one attached hydrogen (secondary N) is 1. The van der Waals surface area contributed by atoms with Gasteiger partial charge in [0.1, 0.15) is 0 Å². The second kappa shape index (κ2) is 1.58. The van der Waals surface area contributed by atoms with E-state index in [1.165, 1.54) is 13.1 Å². The Balaban J connectivity index is 1.88. The van der Waals surface area contributed by atoms with Crippen LogP contribution >= 0.6 is 0 Å².